The maximum Gasteiger partial charge on any atom is -0.00187 e. The fourth-order valence-electron chi connectivity index (χ4n) is 2.19. The minimum atomic E-state index is 0.861. The molecule has 0 aromatic carbocycles. The van der Waals surface area contributed by atoms with Crippen LogP contribution in [-0.4, -0.2) is 31.1 Å². The highest BCUT2D eigenvalue weighted by atomic mass is 15.1. The molecule has 2 N–H and O–H groups in total. The van der Waals surface area contributed by atoms with E-state index in [2.05, 4.69) is 4.90 Å². The van der Waals surface area contributed by atoms with Gasteiger partial charge in [0.25, 0.3) is 0 Å². The summed E-state index contributed by atoms with van der Waals surface area (Å²) in [6, 6.07) is 0. The van der Waals surface area contributed by atoms with Crippen LogP contribution in [0.5, 0.6) is 0 Å². The zero-order valence-corrected chi connectivity index (χ0v) is 9.51. The topological polar surface area (TPSA) is 29.3 Å². The minimum absolute atomic E-state index is 0.861. The number of nitrogens with zero attached hydrogens (tertiary/aromatic N) is 1. The van der Waals surface area contributed by atoms with Crippen LogP contribution in [-0.2, 0) is 0 Å². The molecule has 84 valence electrons. The van der Waals surface area contributed by atoms with E-state index in [9.17, 15) is 0 Å². The summed E-state index contributed by atoms with van der Waals surface area (Å²) in [7, 11) is 0. The Kier molecular flexibility index (Phi) is 7.06. The highest BCUT2D eigenvalue weighted by Crippen LogP contribution is 2.11. The lowest BCUT2D eigenvalue weighted by molar-refractivity contribution is 0.242. The molecule has 14 heavy (non-hydrogen) atoms. The summed E-state index contributed by atoms with van der Waals surface area (Å²) in [6.07, 6.45) is 11.0. The molecule has 1 aliphatic rings. The van der Waals surface area contributed by atoms with Crippen LogP contribution in [0.4, 0.5) is 0 Å². The van der Waals surface area contributed by atoms with Gasteiger partial charge < -0.3 is 10.6 Å². The van der Waals surface area contributed by atoms with E-state index in [1.54, 1.807) is 0 Å². The van der Waals surface area contributed by atoms with Crippen molar-refractivity contribution in [3.8, 4) is 0 Å². The van der Waals surface area contributed by atoms with E-state index in [1.807, 2.05) is 0 Å². The van der Waals surface area contributed by atoms with Gasteiger partial charge in [0.05, 0.1) is 0 Å². The summed E-state index contributed by atoms with van der Waals surface area (Å²) in [6.45, 7) is 4.84. The van der Waals surface area contributed by atoms with Crippen molar-refractivity contribution >= 4 is 0 Å². The molecule has 2 heteroatoms. The molecular formula is C12H26N2. The fourth-order valence-corrected chi connectivity index (χ4v) is 2.19. The van der Waals surface area contributed by atoms with Gasteiger partial charge in [0.1, 0.15) is 0 Å². The molecule has 0 aromatic heterocycles. The van der Waals surface area contributed by atoms with E-state index in [-0.39, 0.29) is 0 Å². The van der Waals surface area contributed by atoms with Crippen molar-refractivity contribution in [2.45, 2.75) is 51.4 Å². The molecule has 0 aliphatic carbocycles. The van der Waals surface area contributed by atoms with Gasteiger partial charge in [-0.15, -0.1) is 0 Å². The molecule has 0 unspecified atom stereocenters. The van der Waals surface area contributed by atoms with E-state index in [0.29, 0.717) is 0 Å². The average molecular weight is 198 g/mol. The Balaban J connectivity index is 2.02. The molecule has 0 saturated carbocycles. The first-order chi connectivity index (χ1) is 6.93. The summed E-state index contributed by atoms with van der Waals surface area (Å²) < 4.78 is 0. The summed E-state index contributed by atoms with van der Waals surface area (Å²) in [4.78, 5) is 2.65. The van der Waals surface area contributed by atoms with Gasteiger partial charge >= 0.3 is 0 Å². The van der Waals surface area contributed by atoms with E-state index >= 15 is 0 Å². The second-order valence-electron chi connectivity index (χ2n) is 4.46. The van der Waals surface area contributed by atoms with Crippen molar-refractivity contribution in [2.75, 3.05) is 26.2 Å². The van der Waals surface area contributed by atoms with Gasteiger partial charge in [-0.3, -0.25) is 0 Å². The SMILES string of the molecule is NCCCCCN1CCCCCCC1. The Bertz CT molecular complexity index is 117. The van der Waals surface area contributed by atoms with Crippen LogP contribution in [0.3, 0.4) is 0 Å². The molecule has 0 atom stereocenters. The molecule has 1 heterocycles. The number of hydrogen-bond donors (Lipinski definition) is 1. The molecule has 0 bridgehead atoms. The fraction of sp³-hybridized carbons (Fsp3) is 1.00. The molecule has 0 amide bonds. The lowest BCUT2D eigenvalue weighted by atomic mass is 10.1. The Labute approximate surface area is 88.8 Å². The third-order valence-corrected chi connectivity index (χ3v) is 3.13. The normalized spacial score (nSPS) is 20.4. The minimum Gasteiger partial charge on any atom is -0.330 e. The van der Waals surface area contributed by atoms with E-state index < -0.39 is 0 Å². The van der Waals surface area contributed by atoms with Gasteiger partial charge in [0, 0.05) is 0 Å². The number of unbranched alkanes of at least 4 members (excludes halogenated alkanes) is 2. The number of hydrogen-bond acceptors (Lipinski definition) is 2. The molecule has 0 aromatic rings. The van der Waals surface area contributed by atoms with Crippen molar-refractivity contribution in [2.24, 2.45) is 5.73 Å². The smallest absolute Gasteiger partial charge is 0.00187 e. The van der Waals surface area contributed by atoms with Crippen molar-refractivity contribution in [3.63, 3.8) is 0 Å². The monoisotopic (exact) mass is 198 g/mol. The van der Waals surface area contributed by atoms with Gasteiger partial charge in [0.2, 0.25) is 0 Å². The van der Waals surface area contributed by atoms with Gasteiger partial charge in [-0.05, 0) is 51.9 Å². The van der Waals surface area contributed by atoms with E-state index in [1.165, 1.54) is 71.0 Å². The Morgan fingerprint density at radius 1 is 0.786 bits per heavy atom. The standard InChI is InChI=1S/C12H26N2/c13-9-5-4-8-12-14-10-6-2-1-3-7-11-14/h1-13H2. The summed E-state index contributed by atoms with van der Waals surface area (Å²) >= 11 is 0. The molecule has 0 radical (unpaired) electrons. The van der Waals surface area contributed by atoms with Gasteiger partial charge in [0.15, 0.2) is 0 Å². The maximum atomic E-state index is 5.48. The predicted molar refractivity (Wildman–Crippen MR) is 62.4 cm³/mol. The highest BCUT2D eigenvalue weighted by molar-refractivity contribution is 4.62. The molecule has 0 spiro atoms. The van der Waals surface area contributed by atoms with Gasteiger partial charge in [-0.1, -0.05) is 25.7 Å². The molecule has 1 rings (SSSR count). The lowest BCUT2D eigenvalue weighted by Gasteiger charge is -2.24. The van der Waals surface area contributed by atoms with Crippen molar-refractivity contribution < 1.29 is 0 Å². The first-order valence-electron chi connectivity index (χ1n) is 6.36. The summed E-state index contributed by atoms with van der Waals surface area (Å²) in [5.41, 5.74) is 5.48. The Morgan fingerprint density at radius 3 is 2.07 bits per heavy atom. The Hall–Kier alpha value is -0.0800. The zero-order valence-electron chi connectivity index (χ0n) is 9.51. The first kappa shape index (κ1) is 12.0. The van der Waals surface area contributed by atoms with Crippen LogP contribution < -0.4 is 5.73 Å². The first-order valence-corrected chi connectivity index (χ1v) is 6.36. The van der Waals surface area contributed by atoms with Crippen LogP contribution in [0.1, 0.15) is 51.4 Å². The van der Waals surface area contributed by atoms with Crippen molar-refractivity contribution in [3.05, 3.63) is 0 Å². The largest absolute Gasteiger partial charge is 0.330 e. The molecule has 1 saturated heterocycles. The van der Waals surface area contributed by atoms with Gasteiger partial charge in [-0.25, -0.2) is 0 Å². The maximum absolute atomic E-state index is 5.48. The van der Waals surface area contributed by atoms with Crippen LogP contribution in [0.15, 0.2) is 0 Å². The molecular weight excluding hydrogens is 172 g/mol. The zero-order chi connectivity index (χ0) is 10.1. The number of rotatable bonds is 5. The van der Waals surface area contributed by atoms with Crippen LogP contribution >= 0.6 is 0 Å². The summed E-state index contributed by atoms with van der Waals surface area (Å²) in [5.74, 6) is 0. The average Bonchev–Trinajstić information content (AvgIpc) is 2.15. The second kappa shape index (κ2) is 8.25. The van der Waals surface area contributed by atoms with Crippen molar-refractivity contribution in [1.82, 2.24) is 4.90 Å². The van der Waals surface area contributed by atoms with Crippen molar-refractivity contribution in [1.29, 1.82) is 0 Å². The summed E-state index contributed by atoms with van der Waals surface area (Å²) in [5, 5.41) is 0. The molecule has 1 fully saturated rings. The lowest BCUT2D eigenvalue weighted by Crippen LogP contribution is -2.28. The van der Waals surface area contributed by atoms with E-state index in [0.717, 1.165) is 6.54 Å². The highest BCUT2D eigenvalue weighted by Gasteiger charge is 2.06. The van der Waals surface area contributed by atoms with Gasteiger partial charge in [-0.2, -0.15) is 0 Å². The Morgan fingerprint density at radius 2 is 1.43 bits per heavy atom. The van der Waals surface area contributed by atoms with E-state index in [4.69, 9.17) is 5.73 Å². The quantitative estimate of drug-likeness (QED) is 0.687. The molecule has 2 nitrogen and oxygen atoms in total. The third-order valence-electron chi connectivity index (χ3n) is 3.13. The third kappa shape index (κ3) is 5.61. The number of nitrogens with two attached hydrogens (primary N) is 1. The predicted octanol–water partition coefficient (Wildman–Crippen LogP) is 2.38. The van der Waals surface area contributed by atoms with Crippen LogP contribution in [0.2, 0.25) is 0 Å². The number of likely N-dealkylation sites (tertiary alicyclic amines) is 1. The molecule has 1 aliphatic heterocycles. The van der Waals surface area contributed by atoms with Crippen LogP contribution in [0.25, 0.3) is 0 Å². The second-order valence-corrected chi connectivity index (χ2v) is 4.46. The van der Waals surface area contributed by atoms with Crippen LogP contribution in [0, 0.1) is 0 Å².